The number of hydrogen-bond acceptors (Lipinski definition) is 5. The van der Waals surface area contributed by atoms with Gasteiger partial charge in [0.2, 0.25) is 15.9 Å². The summed E-state index contributed by atoms with van der Waals surface area (Å²) >= 11 is 0. The van der Waals surface area contributed by atoms with E-state index in [4.69, 9.17) is 5.14 Å². The Hall–Kier alpha value is -2.00. The molecule has 1 atom stereocenters. The van der Waals surface area contributed by atoms with Crippen LogP contribution < -0.4 is 10.5 Å². The molecule has 0 radical (unpaired) electrons. The van der Waals surface area contributed by atoms with Crippen molar-refractivity contribution >= 4 is 21.8 Å². The maximum absolute atomic E-state index is 12.3. The lowest BCUT2D eigenvalue weighted by Gasteiger charge is -2.33. The summed E-state index contributed by atoms with van der Waals surface area (Å²) in [4.78, 5) is 30.2. The molecule has 0 aliphatic carbocycles. The van der Waals surface area contributed by atoms with E-state index in [-0.39, 0.29) is 36.3 Å². The third-order valence-corrected chi connectivity index (χ3v) is 5.37. The fourth-order valence-electron chi connectivity index (χ4n) is 3.10. The number of primary sulfonamides is 1. The second-order valence-corrected chi connectivity index (χ2v) is 8.45. The maximum Gasteiger partial charge on any atom is 0.251 e. The minimum atomic E-state index is -3.53. The number of aromatic nitrogens is 1. The Labute approximate surface area is 154 Å². The molecule has 1 aliphatic rings. The smallest absolute Gasteiger partial charge is 0.251 e. The standard InChI is InChI=1S/C17H26N4O4S/c1-13-10-19-7-6-15(13)17(23)20-11-14-4-2-8-21(12-14)16(22)5-3-9-26(18,24)25/h6-7,10,14H,2-5,8-9,11-12H2,1H3,(H,20,23)(H2,18,24,25). The molecule has 1 saturated heterocycles. The number of carbonyl (C=O) groups is 2. The van der Waals surface area contributed by atoms with Crippen LogP contribution in [0, 0.1) is 12.8 Å². The van der Waals surface area contributed by atoms with Gasteiger partial charge in [0.05, 0.1) is 5.75 Å². The van der Waals surface area contributed by atoms with Crippen LogP contribution in [0.1, 0.15) is 41.6 Å². The van der Waals surface area contributed by atoms with Gasteiger partial charge < -0.3 is 10.2 Å². The normalized spacial score (nSPS) is 17.8. The average molecular weight is 382 g/mol. The highest BCUT2D eigenvalue weighted by Gasteiger charge is 2.24. The van der Waals surface area contributed by atoms with Gasteiger partial charge in [-0.25, -0.2) is 13.6 Å². The highest BCUT2D eigenvalue weighted by Crippen LogP contribution is 2.17. The molecule has 0 saturated carbocycles. The van der Waals surface area contributed by atoms with Crippen LogP contribution in [-0.2, 0) is 14.8 Å². The highest BCUT2D eigenvalue weighted by atomic mass is 32.2. The average Bonchev–Trinajstić information content (AvgIpc) is 2.59. The number of rotatable bonds is 7. The second kappa shape index (κ2) is 9.09. The van der Waals surface area contributed by atoms with Crippen molar-refractivity contribution in [1.82, 2.24) is 15.2 Å². The lowest BCUT2D eigenvalue weighted by molar-refractivity contribution is -0.132. The Bertz CT molecular complexity index is 751. The molecule has 2 amide bonds. The molecule has 1 aliphatic heterocycles. The van der Waals surface area contributed by atoms with Crippen molar-refractivity contribution < 1.29 is 18.0 Å². The fraction of sp³-hybridized carbons (Fsp3) is 0.588. The van der Waals surface area contributed by atoms with Crippen LogP contribution in [0.15, 0.2) is 18.5 Å². The number of nitrogens with zero attached hydrogens (tertiary/aromatic N) is 2. The van der Waals surface area contributed by atoms with Crippen molar-refractivity contribution in [3.63, 3.8) is 0 Å². The van der Waals surface area contributed by atoms with Crippen LogP contribution in [0.2, 0.25) is 0 Å². The Morgan fingerprint density at radius 1 is 1.42 bits per heavy atom. The Morgan fingerprint density at radius 2 is 2.19 bits per heavy atom. The predicted octanol–water partition coefficient (Wildman–Crippen LogP) is 0.427. The minimum Gasteiger partial charge on any atom is -0.352 e. The zero-order valence-corrected chi connectivity index (χ0v) is 15.8. The van der Waals surface area contributed by atoms with Crippen molar-refractivity contribution in [3.05, 3.63) is 29.6 Å². The first-order chi connectivity index (χ1) is 12.3. The van der Waals surface area contributed by atoms with Gasteiger partial charge in [-0.1, -0.05) is 0 Å². The third-order valence-electron chi connectivity index (χ3n) is 4.51. The van der Waals surface area contributed by atoms with E-state index in [1.807, 2.05) is 6.92 Å². The molecule has 0 aromatic carbocycles. The fourth-order valence-corrected chi connectivity index (χ4v) is 3.65. The summed E-state index contributed by atoms with van der Waals surface area (Å²) in [5.41, 5.74) is 1.42. The molecule has 3 N–H and O–H groups in total. The van der Waals surface area contributed by atoms with Crippen LogP contribution in [-0.4, -0.2) is 55.5 Å². The SMILES string of the molecule is Cc1cnccc1C(=O)NCC1CCCN(C(=O)CCCS(N)(=O)=O)C1. The number of piperidine rings is 1. The van der Waals surface area contributed by atoms with Gasteiger partial charge >= 0.3 is 0 Å². The number of carbonyl (C=O) groups excluding carboxylic acids is 2. The molecule has 0 bridgehead atoms. The van der Waals surface area contributed by atoms with Gasteiger partial charge in [0.25, 0.3) is 5.91 Å². The van der Waals surface area contributed by atoms with Crippen LogP contribution >= 0.6 is 0 Å². The van der Waals surface area contributed by atoms with Crippen molar-refractivity contribution in [2.75, 3.05) is 25.4 Å². The molecule has 9 heteroatoms. The molecule has 144 valence electrons. The quantitative estimate of drug-likeness (QED) is 0.708. The Balaban J connectivity index is 1.80. The first kappa shape index (κ1) is 20.3. The minimum absolute atomic E-state index is 0.0605. The molecule has 1 aromatic rings. The van der Waals surface area contributed by atoms with E-state index in [1.165, 1.54) is 0 Å². The molecule has 2 rings (SSSR count). The van der Waals surface area contributed by atoms with Gasteiger partial charge in [-0.2, -0.15) is 0 Å². The van der Waals surface area contributed by atoms with Crippen molar-refractivity contribution in [3.8, 4) is 0 Å². The summed E-state index contributed by atoms with van der Waals surface area (Å²) < 4.78 is 21.9. The van der Waals surface area contributed by atoms with E-state index in [0.717, 1.165) is 18.4 Å². The number of amides is 2. The first-order valence-electron chi connectivity index (χ1n) is 8.73. The lowest BCUT2D eigenvalue weighted by Crippen LogP contribution is -2.43. The molecule has 26 heavy (non-hydrogen) atoms. The van der Waals surface area contributed by atoms with Crippen molar-refractivity contribution in [2.45, 2.75) is 32.6 Å². The Kier molecular flexibility index (Phi) is 7.10. The van der Waals surface area contributed by atoms with Crippen LogP contribution in [0.25, 0.3) is 0 Å². The number of likely N-dealkylation sites (tertiary alicyclic amines) is 1. The molecular formula is C17H26N4O4S. The lowest BCUT2D eigenvalue weighted by atomic mass is 9.97. The first-order valence-corrected chi connectivity index (χ1v) is 10.4. The summed E-state index contributed by atoms with van der Waals surface area (Å²) in [5, 5.41) is 7.88. The number of sulfonamides is 1. The van der Waals surface area contributed by atoms with Crippen LogP contribution in [0.4, 0.5) is 0 Å². The second-order valence-electron chi connectivity index (χ2n) is 6.72. The third kappa shape index (κ3) is 6.38. The monoisotopic (exact) mass is 382 g/mol. The number of aryl methyl sites for hydroxylation is 1. The van der Waals surface area contributed by atoms with Crippen LogP contribution in [0.5, 0.6) is 0 Å². The van der Waals surface area contributed by atoms with Crippen molar-refractivity contribution in [1.29, 1.82) is 0 Å². The van der Waals surface area contributed by atoms with Gasteiger partial charge in [-0.3, -0.25) is 14.6 Å². The molecule has 0 spiro atoms. The summed E-state index contributed by atoms with van der Waals surface area (Å²) in [6, 6.07) is 1.69. The zero-order chi connectivity index (χ0) is 19.2. The molecule has 1 fully saturated rings. The summed E-state index contributed by atoms with van der Waals surface area (Å²) in [5.74, 6) is -0.189. The summed E-state index contributed by atoms with van der Waals surface area (Å²) in [7, 11) is -3.53. The largest absolute Gasteiger partial charge is 0.352 e. The number of pyridine rings is 1. The predicted molar refractivity (Wildman–Crippen MR) is 97.8 cm³/mol. The van der Waals surface area contributed by atoms with Gasteiger partial charge in [0.1, 0.15) is 0 Å². The summed E-state index contributed by atoms with van der Waals surface area (Å²) in [6.45, 7) is 3.58. The zero-order valence-electron chi connectivity index (χ0n) is 15.0. The molecule has 1 unspecified atom stereocenters. The highest BCUT2D eigenvalue weighted by molar-refractivity contribution is 7.89. The summed E-state index contributed by atoms with van der Waals surface area (Å²) in [6.07, 6.45) is 5.46. The van der Waals surface area contributed by atoms with Gasteiger partial charge in [0.15, 0.2) is 0 Å². The van der Waals surface area contributed by atoms with Gasteiger partial charge in [0, 0.05) is 44.0 Å². The molecular weight excluding hydrogens is 356 g/mol. The number of hydrogen-bond donors (Lipinski definition) is 2. The maximum atomic E-state index is 12.3. The van der Waals surface area contributed by atoms with E-state index < -0.39 is 10.0 Å². The Morgan fingerprint density at radius 3 is 2.88 bits per heavy atom. The number of nitrogens with two attached hydrogens (primary N) is 1. The van der Waals surface area contributed by atoms with E-state index in [2.05, 4.69) is 10.3 Å². The van der Waals surface area contributed by atoms with Gasteiger partial charge in [-0.05, 0) is 43.7 Å². The topological polar surface area (TPSA) is 122 Å². The molecule has 2 heterocycles. The van der Waals surface area contributed by atoms with E-state index in [1.54, 1.807) is 23.4 Å². The van der Waals surface area contributed by atoms with E-state index in [0.29, 0.717) is 25.2 Å². The van der Waals surface area contributed by atoms with Crippen molar-refractivity contribution in [2.24, 2.45) is 11.1 Å². The molecule has 1 aromatic heterocycles. The number of nitrogens with one attached hydrogen (secondary N) is 1. The van der Waals surface area contributed by atoms with E-state index in [9.17, 15) is 18.0 Å². The molecule has 8 nitrogen and oxygen atoms in total. The van der Waals surface area contributed by atoms with E-state index >= 15 is 0 Å². The van der Waals surface area contributed by atoms with Gasteiger partial charge in [-0.15, -0.1) is 0 Å². The van der Waals surface area contributed by atoms with Crippen LogP contribution in [0.3, 0.4) is 0 Å².